The molecule has 1 aliphatic rings. The van der Waals surface area contributed by atoms with Gasteiger partial charge in [0.05, 0.1) is 6.10 Å². The first-order valence-electron chi connectivity index (χ1n) is 7.30. The van der Waals surface area contributed by atoms with Crippen molar-refractivity contribution in [3.63, 3.8) is 0 Å². The third-order valence-electron chi connectivity index (χ3n) is 3.60. The molecular formula is C16H20O7. The number of esters is 2. The summed E-state index contributed by atoms with van der Waals surface area (Å²) in [6.45, 7) is 2.33. The predicted molar refractivity (Wildman–Crippen MR) is 78.5 cm³/mol. The number of phenolic OH excluding ortho intramolecular Hbond substituents is 1. The number of carbonyl (C=O) groups excluding carboxylic acids is 2. The van der Waals surface area contributed by atoms with Crippen molar-refractivity contribution >= 4 is 11.9 Å². The molecule has 0 spiro atoms. The van der Waals surface area contributed by atoms with Gasteiger partial charge < -0.3 is 24.4 Å². The van der Waals surface area contributed by atoms with Crippen molar-refractivity contribution in [3.05, 3.63) is 29.8 Å². The molecule has 7 heteroatoms. The highest BCUT2D eigenvalue weighted by molar-refractivity contribution is 5.66. The second kappa shape index (κ2) is 7.43. The zero-order valence-corrected chi connectivity index (χ0v) is 13.0. The first-order valence-corrected chi connectivity index (χ1v) is 7.30. The van der Waals surface area contributed by atoms with Gasteiger partial charge in [0.2, 0.25) is 0 Å². The minimum Gasteiger partial charge on any atom is -0.508 e. The van der Waals surface area contributed by atoms with Gasteiger partial charge in [0.1, 0.15) is 30.7 Å². The van der Waals surface area contributed by atoms with E-state index in [2.05, 4.69) is 0 Å². The molecule has 0 bridgehead atoms. The monoisotopic (exact) mass is 324 g/mol. The Morgan fingerprint density at radius 3 is 2.57 bits per heavy atom. The van der Waals surface area contributed by atoms with E-state index < -0.39 is 36.4 Å². The van der Waals surface area contributed by atoms with Crippen LogP contribution in [-0.2, 0) is 23.8 Å². The van der Waals surface area contributed by atoms with Gasteiger partial charge in [-0.3, -0.25) is 9.59 Å². The van der Waals surface area contributed by atoms with Crippen LogP contribution in [0, 0.1) is 0 Å². The van der Waals surface area contributed by atoms with Gasteiger partial charge in [-0.05, 0) is 6.07 Å². The van der Waals surface area contributed by atoms with Crippen LogP contribution in [0.3, 0.4) is 0 Å². The van der Waals surface area contributed by atoms with E-state index >= 15 is 0 Å². The SMILES string of the molecule is CC(=O)OC[C@H]1OC(c2ccccc2O)CC(OC(C)=O)[C@@H]1O. The van der Waals surface area contributed by atoms with Gasteiger partial charge in [-0.15, -0.1) is 0 Å². The van der Waals surface area contributed by atoms with Crippen molar-refractivity contribution in [2.75, 3.05) is 6.61 Å². The number of benzene rings is 1. The minimum absolute atomic E-state index is 0.0432. The first kappa shape index (κ1) is 17.2. The number of aliphatic hydroxyl groups is 1. The topological polar surface area (TPSA) is 102 Å². The molecule has 0 radical (unpaired) electrons. The Hall–Kier alpha value is -2.12. The molecule has 2 rings (SSSR count). The lowest BCUT2D eigenvalue weighted by Gasteiger charge is -2.38. The third-order valence-corrected chi connectivity index (χ3v) is 3.60. The molecule has 1 fully saturated rings. The van der Waals surface area contributed by atoms with Crippen molar-refractivity contribution in [1.29, 1.82) is 0 Å². The molecule has 0 aromatic heterocycles. The Balaban J connectivity index is 2.20. The molecule has 126 valence electrons. The summed E-state index contributed by atoms with van der Waals surface area (Å²) in [5.74, 6) is -0.991. The maximum absolute atomic E-state index is 11.2. The lowest BCUT2D eigenvalue weighted by atomic mass is 9.93. The summed E-state index contributed by atoms with van der Waals surface area (Å²) in [4.78, 5) is 22.2. The zero-order valence-electron chi connectivity index (χ0n) is 13.0. The molecule has 23 heavy (non-hydrogen) atoms. The van der Waals surface area contributed by atoms with Crippen LogP contribution in [0.1, 0.15) is 31.9 Å². The summed E-state index contributed by atoms with van der Waals surface area (Å²) in [5, 5.41) is 20.2. The maximum Gasteiger partial charge on any atom is 0.302 e. The van der Waals surface area contributed by atoms with Crippen molar-refractivity contribution < 1.29 is 34.0 Å². The van der Waals surface area contributed by atoms with Crippen molar-refractivity contribution in [2.24, 2.45) is 0 Å². The molecule has 1 aromatic rings. The molecule has 0 aliphatic carbocycles. The minimum atomic E-state index is -1.12. The van der Waals surface area contributed by atoms with E-state index in [9.17, 15) is 19.8 Å². The van der Waals surface area contributed by atoms with Crippen molar-refractivity contribution in [1.82, 2.24) is 0 Å². The van der Waals surface area contributed by atoms with Crippen molar-refractivity contribution in [2.45, 2.75) is 44.7 Å². The van der Waals surface area contributed by atoms with Crippen LogP contribution < -0.4 is 0 Å². The fraction of sp³-hybridized carbons (Fsp3) is 0.500. The summed E-state index contributed by atoms with van der Waals surface area (Å²) in [6.07, 6.45) is -3.20. The van der Waals surface area contributed by atoms with Gasteiger partial charge in [0.25, 0.3) is 0 Å². The average molecular weight is 324 g/mol. The average Bonchev–Trinajstić information content (AvgIpc) is 2.48. The number of carbonyl (C=O) groups is 2. The van der Waals surface area contributed by atoms with Gasteiger partial charge in [-0.2, -0.15) is 0 Å². The molecule has 0 saturated carbocycles. The smallest absolute Gasteiger partial charge is 0.302 e. The van der Waals surface area contributed by atoms with Gasteiger partial charge in [-0.1, -0.05) is 18.2 Å². The highest BCUT2D eigenvalue weighted by Crippen LogP contribution is 2.37. The fourth-order valence-electron chi connectivity index (χ4n) is 2.57. The van der Waals surface area contributed by atoms with Gasteiger partial charge >= 0.3 is 11.9 Å². The summed E-state index contributed by atoms with van der Waals surface area (Å²) in [6, 6.07) is 6.62. The molecule has 1 heterocycles. The quantitative estimate of drug-likeness (QED) is 0.799. The standard InChI is InChI=1S/C16H20O7/c1-9(17)21-8-15-16(20)14(22-10(2)18)7-13(23-15)11-5-3-4-6-12(11)19/h3-6,13-16,19-20H,7-8H2,1-2H3/t13?,14?,15-,16+/m1/s1. The molecule has 1 aromatic carbocycles. The number of para-hydroxylation sites is 1. The van der Waals surface area contributed by atoms with Crippen LogP contribution in [-0.4, -0.2) is 47.1 Å². The number of ether oxygens (including phenoxy) is 3. The Kier molecular flexibility index (Phi) is 5.57. The summed E-state index contributed by atoms with van der Waals surface area (Å²) in [5.41, 5.74) is 0.518. The number of hydrogen-bond acceptors (Lipinski definition) is 7. The Bertz CT molecular complexity index is 571. The van der Waals surface area contributed by atoms with E-state index in [0.717, 1.165) is 0 Å². The van der Waals surface area contributed by atoms with E-state index in [0.29, 0.717) is 5.56 Å². The predicted octanol–water partition coefficient (Wildman–Crippen LogP) is 1.08. The molecule has 2 N–H and O–H groups in total. The molecule has 4 atom stereocenters. The van der Waals surface area contributed by atoms with Gasteiger partial charge in [0.15, 0.2) is 0 Å². The molecule has 2 unspecified atom stereocenters. The van der Waals surface area contributed by atoms with E-state index in [1.54, 1.807) is 18.2 Å². The second-order valence-electron chi connectivity index (χ2n) is 5.40. The number of aromatic hydroxyl groups is 1. The normalized spacial score (nSPS) is 27.3. The summed E-state index contributed by atoms with van der Waals surface area (Å²) < 4.78 is 15.8. The maximum atomic E-state index is 11.2. The Labute approximate surface area is 133 Å². The zero-order chi connectivity index (χ0) is 17.0. The van der Waals surface area contributed by atoms with Gasteiger partial charge in [0, 0.05) is 25.8 Å². The fourth-order valence-corrected chi connectivity index (χ4v) is 2.57. The molecule has 0 amide bonds. The molecular weight excluding hydrogens is 304 g/mol. The van der Waals surface area contributed by atoms with Crippen LogP contribution in [0.5, 0.6) is 5.75 Å². The van der Waals surface area contributed by atoms with E-state index in [1.165, 1.54) is 19.9 Å². The van der Waals surface area contributed by atoms with Crippen LogP contribution in [0.15, 0.2) is 24.3 Å². The van der Waals surface area contributed by atoms with Gasteiger partial charge in [-0.25, -0.2) is 0 Å². The van der Waals surface area contributed by atoms with E-state index in [4.69, 9.17) is 14.2 Å². The van der Waals surface area contributed by atoms with E-state index in [1.807, 2.05) is 0 Å². The summed E-state index contributed by atoms with van der Waals surface area (Å²) >= 11 is 0. The largest absolute Gasteiger partial charge is 0.508 e. The lowest BCUT2D eigenvalue weighted by molar-refractivity contribution is -0.204. The number of hydrogen-bond donors (Lipinski definition) is 2. The number of aliphatic hydroxyl groups excluding tert-OH is 1. The Morgan fingerprint density at radius 1 is 1.26 bits per heavy atom. The third kappa shape index (κ3) is 4.43. The van der Waals surface area contributed by atoms with Crippen LogP contribution in [0.4, 0.5) is 0 Å². The molecule has 1 aliphatic heterocycles. The molecule has 7 nitrogen and oxygen atoms in total. The molecule has 1 saturated heterocycles. The summed E-state index contributed by atoms with van der Waals surface area (Å²) in [7, 11) is 0. The first-order chi connectivity index (χ1) is 10.9. The second-order valence-corrected chi connectivity index (χ2v) is 5.40. The van der Waals surface area contributed by atoms with Crippen LogP contribution in [0.2, 0.25) is 0 Å². The lowest BCUT2D eigenvalue weighted by Crippen LogP contribution is -2.49. The highest BCUT2D eigenvalue weighted by atomic mass is 16.6. The van der Waals surface area contributed by atoms with Crippen LogP contribution in [0.25, 0.3) is 0 Å². The van der Waals surface area contributed by atoms with E-state index in [-0.39, 0.29) is 18.8 Å². The number of phenols is 1. The van der Waals surface area contributed by atoms with Crippen molar-refractivity contribution in [3.8, 4) is 5.75 Å². The Morgan fingerprint density at radius 2 is 1.96 bits per heavy atom. The number of rotatable bonds is 4. The highest BCUT2D eigenvalue weighted by Gasteiger charge is 2.41. The van der Waals surface area contributed by atoms with Crippen LogP contribution >= 0.6 is 0 Å².